The van der Waals surface area contributed by atoms with Gasteiger partial charge in [0.05, 0.1) is 26.0 Å². The fourth-order valence-electron chi connectivity index (χ4n) is 5.73. The number of carbonyl (C=O) groups excluding carboxylic acids is 1. The number of hydrogen-bond donors (Lipinski definition) is 3. The van der Waals surface area contributed by atoms with E-state index in [1.165, 1.54) is 5.56 Å². The summed E-state index contributed by atoms with van der Waals surface area (Å²) >= 11 is 0. The second-order valence-corrected chi connectivity index (χ2v) is 13.0. The Morgan fingerprint density at radius 1 is 1.02 bits per heavy atom. The number of likely N-dealkylation sites (tertiary alicyclic amines) is 1. The second-order valence-electron chi connectivity index (χ2n) is 13.0. The summed E-state index contributed by atoms with van der Waals surface area (Å²) in [5.74, 6) is 1.99. The summed E-state index contributed by atoms with van der Waals surface area (Å²) in [6.07, 6.45) is 5.46. The second kappa shape index (κ2) is 14.2. The van der Waals surface area contributed by atoms with Crippen molar-refractivity contribution < 1.29 is 14.3 Å². The fraction of sp³-hybridized carbons (Fsp3) is 0.371. The molecule has 6 rings (SSSR count). The number of urea groups is 1. The molecule has 0 spiro atoms. The number of methoxy groups -OCH3 is 2. The van der Waals surface area contributed by atoms with Gasteiger partial charge in [0, 0.05) is 67.5 Å². The number of carbonyl (C=O) groups is 1. The van der Waals surface area contributed by atoms with Crippen LogP contribution in [-0.4, -0.2) is 80.3 Å². The van der Waals surface area contributed by atoms with E-state index < -0.39 is 5.54 Å². The van der Waals surface area contributed by atoms with E-state index in [1.54, 1.807) is 26.5 Å². The summed E-state index contributed by atoms with van der Waals surface area (Å²) in [6, 6.07) is 17.9. The molecule has 4 heterocycles. The molecule has 0 aliphatic carbocycles. The Morgan fingerprint density at radius 2 is 1.79 bits per heavy atom. The van der Waals surface area contributed by atoms with E-state index in [0.29, 0.717) is 58.9 Å². The molecule has 0 radical (unpaired) electrons. The van der Waals surface area contributed by atoms with E-state index in [1.807, 2.05) is 55.9 Å². The Morgan fingerprint density at radius 3 is 2.52 bits per heavy atom. The lowest BCUT2D eigenvalue weighted by Crippen LogP contribution is -2.43. The van der Waals surface area contributed by atoms with Gasteiger partial charge in [-0.25, -0.2) is 19.4 Å². The van der Waals surface area contributed by atoms with Crippen molar-refractivity contribution in [3.63, 3.8) is 0 Å². The van der Waals surface area contributed by atoms with Gasteiger partial charge in [0.1, 0.15) is 17.3 Å². The molecule has 1 aliphatic rings. The van der Waals surface area contributed by atoms with Crippen molar-refractivity contribution in [1.29, 1.82) is 0 Å². The number of nitrogens with zero attached hydrogens (tertiary/aromatic N) is 7. The van der Waals surface area contributed by atoms with Gasteiger partial charge < -0.3 is 20.1 Å². The Bertz CT molecular complexity index is 1850. The summed E-state index contributed by atoms with van der Waals surface area (Å²) in [7, 11) is 3.18. The predicted molar refractivity (Wildman–Crippen MR) is 185 cm³/mol. The molecular weight excluding hydrogens is 608 g/mol. The topological polar surface area (TPSA) is 144 Å². The van der Waals surface area contributed by atoms with Crippen molar-refractivity contribution in [2.24, 2.45) is 0 Å². The number of rotatable bonds is 11. The van der Waals surface area contributed by atoms with E-state index in [2.05, 4.69) is 65.4 Å². The molecule has 1 fully saturated rings. The maximum Gasteiger partial charge on any atom is 0.320 e. The maximum absolute atomic E-state index is 12.9. The Kier molecular flexibility index (Phi) is 9.67. The predicted octanol–water partition coefficient (Wildman–Crippen LogP) is 5.32. The molecule has 1 aliphatic heterocycles. The van der Waals surface area contributed by atoms with Gasteiger partial charge in [0.2, 0.25) is 5.95 Å². The number of benzene rings is 2. The molecule has 5 aromatic rings. The van der Waals surface area contributed by atoms with Crippen molar-refractivity contribution in [3.8, 4) is 22.6 Å². The van der Waals surface area contributed by atoms with E-state index >= 15 is 0 Å². The van der Waals surface area contributed by atoms with Crippen LogP contribution in [0.25, 0.3) is 22.2 Å². The lowest BCUT2D eigenvalue weighted by molar-refractivity contribution is 0.243. The van der Waals surface area contributed by atoms with Crippen LogP contribution in [0.3, 0.4) is 0 Å². The SMILES string of the molecule is COc1cc(OC)cc(-c2cc3cnc(NCCc4cn(C5CCN(Cc6ccccc6)C5)nn4)nc3nc2NC(=O)NC(C)(C)C)c1. The smallest absolute Gasteiger partial charge is 0.320 e. The molecule has 13 heteroatoms. The lowest BCUT2D eigenvalue weighted by atomic mass is 10.0. The van der Waals surface area contributed by atoms with Crippen molar-refractivity contribution in [2.75, 3.05) is 44.5 Å². The Labute approximate surface area is 280 Å². The average Bonchev–Trinajstić information content (AvgIpc) is 3.73. The third-order valence-corrected chi connectivity index (χ3v) is 8.04. The minimum absolute atomic E-state index is 0.314. The summed E-state index contributed by atoms with van der Waals surface area (Å²) in [6.45, 7) is 9.24. The first-order valence-corrected chi connectivity index (χ1v) is 16.1. The highest BCUT2D eigenvalue weighted by molar-refractivity contribution is 5.96. The van der Waals surface area contributed by atoms with Crippen LogP contribution >= 0.6 is 0 Å². The number of anilines is 2. The van der Waals surface area contributed by atoms with E-state index in [-0.39, 0.29) is 6.03 Å². The molecule has 250 valence electrons. The highest BCUT2D eigenvalue weighted by atomic mass is 16.5. The van der Waals surface area contributed by atoms with Gasteiger partial charge in [-0.15, -0.1) is 5.10 Å². The van der Waals surface area contributed by atoms with Crippen LogP contribution in [0.1, 0.15) is 44.5 Å². The number of fused-ring (bicyclic) bond motifs is 1. The van der Waals surface area contributed by atoms with Crippen LogP contribution in [0.4, 0.5) is 16.6 Å². The van der Waals surface area contributed by atoms with Crippen LogP contribution in [0, 0.1) is 0 Å². The Hall–Kier alpha value is -5.30. The number of amides is 2. The molecule has 3 N–H and O–H groups in total. The number of pyridine rings is 1. The minimum Gasteiger partial charge on any atom is -0.497 e. The van der Waals surface area contributed by atoms with Gasteiger partial charge in [-0.3, -0.25) is 10.2 Å². The third-order valence-electron chi connectivity index (χ3n) is 8.04. The minimum atomic E-state index is -0.440. The maximum atomic E-state index is 12.9. The van der Waals surface area contributed by atoms with Crippen molar-refractivity contribution >= 4 is 28.8 Å². The summed E-state index contributed by atoms with van der Waals surface area (Å²) in [5.41, 5.74) is 3.64. The van der Waals surface area contributed by atoms with Gasteiger partial charge in [-0.2, -0.15) is 4.98 Å². The third kappa shape index (κ3) is 8.15. The van der Waals surface area contributed by atoms with E-state index in [0.717, 1.165) is 37.3 Å². The zero-order valence-corrected chi connectivity index (χ0v) is 28.0. The molecule has 3 aromatic heterocycles. The number of ether oxygens (including phenoxy) is 2. The van der Waals surface area contributed by atoms with Crippen LogP contribution in [0.5, 0.6) is 11.5 Å². The summed E-state index contributed by atoms with van der Waals surface area (Å²) in [5, 5.41) is 18.7. The zero-order valence-electron chi connectivity index (χ0n) is 28.0. The molecule has 1 unspecified atom stereocenters. The van der Waals surface area contributed by atoms with Crippen LogP contribution in [-0.2, 0) is 13.0 Å². The Balaban J connectivity index is 1.14. The van der Waals surface area contributed by atoms with Crippen LogP contribution in [0.2, 0.25) is 0 Å². The summed E-state index contributed by atoms with van der Waals surface area (Å²) < 4.78 is 13.0. The highest BCUT2D eigenvalue weighted by Gasteiger charge is 2.25. The first kappa shape index (κ1) is 32.6. The number of hydrogen-bond acceptors (Lipinski definition) is 10. The molecule has 13 nitrogen and oxygen atoms in total. The van der Waals surface area contributed by atoms with E-state index in [9.17, 15) is 4.79 Å². The largest absolute Gasteiger partial charge is 0.497 e. The molecule has 48 heavy (non-hydrogen) atoms. The van der Waals surface area contributed by atoms with Gasteiger partial charge in [-0.1, -0.05) is 35.5 Å². The first-order valence-electron chi connectivity index (χ1n) is 16.1. The highest BCUT2D eigenvalue weighted by Crippen LogP contribution is 2.35. The van der Waals surface area contributed by atoms with Gasteiger partial charge in [-0.05, 0) is 56.5 Å². The molecule has 2 amide bonds. The monoisotopic (exact) mass is 650 g/mol. The standard InChI is InChI=1S/C35H42N10O3/c1-35(2,3)41-34(46)40-32-30(24-15-28(47-4)18-29(16-24)48-5)17-25-19-37-33(39-31(25)38-32)36-13-11-26-21-45(43-42-26)27-12-14-44(22-27)20-23-9-7-6-8-10-23/h6-10,15-19,21,27H,11-14,20,22H2,1-5H3,(H3,36,37,38,39,40,41,46). The quantitative estimate of drug-likeness (QED) is 0.172. The molecule has 2 aromatic carbocycles. The number of aromatic nitrogens is 6. The molecular formula is C35H42N10O3. The van der Waals surface area contributed by atoms with Crippen molar-refractivity contribution in [1.82, 2.24) is 40.2 Å². The van der Waals surface area contributed by atoms with Gasteiger partial charge in [0.15, 0.2) is 5.65 Å². The lowest BCUT2D eigenvalue weighted by Gasteiger charge is -2.21. The fourth-order valence-corrected chi connectivity index (χ4v) is 5.73. The van der Waals surface area contributed by atoms with Crippen LogP contribution < -0.4 is 25.4 Å². The molecule has 1 atom stereocenters. The van der Waals surface area contributed by atoms with Crippen molar-refractivity contribution in [2.45, 2.75) is 51.7 Å². The molecule has 0 saturated carbocycles. The summed E-state index contributed by atoms with van der Waals surface area (Å²) in [4.78, 5) is 29.4. The zero-order chi connectivity index (χ0) is 33.7. The van der Waals surface area contributed by atoms with E-state index in [4.69, 9.17) is 14.5 Å². The molecule has 0 bridgehead atoms. The average molecular weight is 651 g/mol. The number of nitrogens with one attached hydrogen (secondary N) is 3. The van der Waals surface area contributed by atoms with Crippen molar-refractivity contribution in [3.05, 3.63) is 78.2 Å². The van der Waals surface area contributed by atoms with Gasteiger partial charge >= 0.3 is 6.03 Å². The van der Waals surface area contributed by atoms with Crippen LogP contribution in [0.15, 0.2) is 67.0 Å². The normalized spacial score (nSPS) is 15.0. The van der Waals surface area contributed by atoms with Gasteiger partial charge in [0.25, 0.3) is 0 Å². The molecule has 1 saturated heterocycles. The first-order chi connectivity index (χ1) is 23.2.